The Morgan fingerprint density at radius 2 is 2.09 bits per heavy atom. The van der Waals surface area contributed by atoms with Crippen LogP contribution in [0.4, 0.5) is 5.69 Å². The van der Waals surface area contributed by atoms with Gasteiger partial charge in [-0.05, 0) is 51.0 Å². The van der Waals surface area contributed by atoms with Gasteiger partial charge in [-0.2, -0.15) is 0 Å². The van der Waals surface area contributed by atoms with E-state index >= 15 is 0 Å². The number of carbonyl (C=O) groups excluding carboxylic acids is 1. The highest BCUT2D eigenvalue weighted by atomic mass is 35.5. The fourth-order valence-corrected chi connectivity index (χ4v) is 3.12. The van der Waals surface area contributed by atoms with Crippen molar-refractivity contribution in [1.82, 2.24) is 10.2 Å². The lowest BCUT2D eigenvalue weighted by Crippen LogP contribution is -2.39. The number of anilines is 1. The molecule has 1 amide bonds. The third kappa shape index (κ3) is 5.94. The number of amides is 1. The lowest BCUT2D eigenvalue weighted by atomic mass is 9.99. The van der Waals surface area contributed by atoms with Crippen LogP contribution < -0.4 is 10.6 Å². The molecule has 2 N–H and O–H groups in total. The minimum absolute atomic E-state index is 0. The van der Waals surface area contributed by atoms with Gasteiger partial charge in [0.25, 0.3) is 0 Å². The lowest BCUT2D eigenvalue weighted by Gasteiger charge is -2.27. The highest BCUT2D eigenvalue weighted by Gasteiger charge is 2.17. The first-order chi connectivity index (χ1) is 10.1. The summed E-state index contributed by atoms with van der Waals surface area (Å²) in [5, 5.41) is 7.08. The Morgan fingerprint density at radius 3 is 2.68 bits per heavy atom. The van der Waals surface area contributed by atoms with Gasteiger partial charge in [0.1, 0.15) is 0 Å². The standard InChI is InChI=1S/C15H21Cl2N3O.ClH/c1-20(9-11-4-3-7-18-8-11)10-14(21)19-15-12(16)5-2-6-13(15)17;/h2,5-6,11,18H,3-4,7-10H2,1H3,(H,19,21);1H. The molecule has 22 heavy (non-hydrogen) atoms. The maximum Gasteiger partial charge on any atom is 0.238 e. The second-order valence-electron chi connectivity index (χ2n) is 5.55. The van der Waals surface area contributed by atoms with E-state index in [1.807, 2.05) is 11.9 Å². The topological polar surface area (TPSA) is 44.4 Å². The third-order valence-corrected chi connectivity index (χ3v) is 4.24. The fraction of sp³-hybridized carbons (Fsp3) is 0.533. The molecule has 0 aliphatic carbocycles. The second-order valence-corrected chi connectivity index (χ2v) is 6.37. The molecule has 0 spiro atoms. The van der Waals surface area contributed by atoms with Crippen molar-refractivity contribution in [2.24, 2.45) is 5.92 Å². The van der Waals surface area contributed by atoms with E-state index in [0.717, 1.165) is 19.6 Å². The predicted octanol–water partition coefficient (Wildman–Crippen LogP) is 3.29. The largest absolute Gasteiger partial charge is 0.322 e. The van der Waals surface area contributed by atoms with Crippen LogP contribution in [0.1, 0.15) is 12.8 Å². The normalized spacial score (nSPS) is 17.9. The van der Waals surface area contributed by atoms with Crippen molar-refractivity contribution in [2.45, 2.75) is 12.8 Å². The van der Waals surface area contributed by atoms with E-state index in [-0.39, 0.29) is 18.3 Å². The van der Waals surface area contributed by atoms with Crippen LogP contribution >= 0.6 is 35.6 Å². The predicted molar refractivity (Wildman–Crippen MR) is 95.4 cm³/mol. The summed E-state index contributed by atoms with van der Waals surface area (Å²) in [6.45, 7) is 3.38. The zero-order valence-electron chi connectivity index (χ0n) is 12.6. The monoisotopic (exact) mass is 365 g/mol. The van der Waals surface area contributed by atoms with E-state index < -0.39 is 0 Å². The van der Waals surface area contributed by atoms with Crippen LogP contribution in [0.2, 0.25) is 10.0 Å². The zero-order valence-corrected chi connectivity index (χ0v) is 14.9. The minimum Gasteiger partial charge on any atom is -0.322 e. The number of nitrogens with zero attached hydrogens (tertiary/aromatic N) is 1. The van der Waals surface area contributed by atoms with Crippen LogP contribution in [0.5, 0.6) is 0 Å². The molecule has 1 aliphatic heterocycles. The van der Waals surface area contributed by atoms with Gasteiger partial charge < -0.3 is 10.6 Å². The molecule has 1 saturated heterocycles. The summed E-state index contributed by atoms with van der Waals surface area (Å²) in [5.41, 5.74) is 0.485. The van der Waals surface area contributed by atoms with Crippen LogP contribution in [-0.4, -0.2) is 44.0 Å². The number of hydrogen-bond acceptors (Lipinski definition) is 3. The van der Waals surface area contributed by atoms with E-state index in [0.29, 0.717) is 28.2 Å². The van der Waals surface area contributed by atoms with Crippen molar-refractivity contribution in [3.8, 4) is 0 Å². The van der Waals surface area contributed by atoms with Gasteiger partial charge in [0, 0.05) is 6.54 Å². The average molecular weight is 367 g/mol. The first kappa shape index (κ1) is 19.5. The van der Waals surface area contributed by atoms with Gasteiger partial charge >= 0.3 is 0 Å². The van der Waals surface area contributed by atoms with Crippen molar-refractivity contribution < 1.29 is 4.79 Å². The quantitative estimate of drug-likeness (QED) is 0.840. The number of hydrogen-bond donors (Lipinski definition) is 2. The van der Waals surface area contributed by atoms with Crippen LogP contribution in [0.25, 0.3) is 0 Å². The maximum absolute atomic E-state index is 12.1. The molecule has 2 rings (SSSR count). The average Bonchev–Trinajstić information content (AvgIpc) is 2.44. The van der Waals surface area contributed by atoms with Gasteiger partial charge in [-0.3, -0.25) is 9.69 Å². The highest BCUT2D eigenvalue weighted by Crippen LogP contribution is 2.29. The maximum atomic E-state index is 12.1. The fourth-order valence-electron chi connectivity index (χ4n) is 2.63. The van der Waals surface area contributed by atoms with Crippen LogP contribution in [-0.2, 0) is 4.79 Å². The number of benzene rings is 1. The summed E-state index contributed by atoms with van der Waals surface area (Å²) in [7, 11) is 1.96. The SMILES string of the molecule is CN(CC(=O)Nc1c(Cl)cccc1Cl)CC1CCCNC1.Cl. The van der Waals surface area contributed by atoms with Crippen molar-refractivity contribution in [3.05, 3.63) is 28.2 Å². The molecule has 0 bridgehead atoms. The van der Waals surface area contributed by atoms with E-state index in [1.54, 1.807) is 18.2 Å². The molecule has 1 aromatic carbocycles. The van der Waals surface area contributed by atoms with Crippen LogP contribution in [0, 0.1) is 5.92 Å². The summed E-state index contributed by atoms with van der Waals surface area (Å²) < 4.78 is 0. The molecule has 1 fully saturated rings. The summed E-state index contributed by atoms with van der Waals surface area (Å²) in [4.78, 5) is 14.1. The molecule has 0 radical (unpaired) electrons. The minimum atomic E-state index is -0.101. The molecule has 0 saturated carbocycles. The Bertz CT molecular complexity index is 473. The van der Waals surface area contributed by atoms with Crippen molar-refractivity contribution >= 4 is 47.2 Å². The number of likely N-dealkylation sites (N-methyl/N-ethyl adjacent to an activating group) is 1. The number of rotatable bonds is 5. The van der Waals surface area contributed by atoms with Crippen LogP contribution in [0.15, 0.2) is 18.2 Å². The van der Waals surface area contributed by atoms with E-state index in [4.69, 9.17) is 23.2 Å². The molecule has 1 unspecified atom stereocenters. The van der Waals surface area contributed by atoms with E-state index in [2.05, 4.69) is 10.6 Å². The van der Waals surface area contributed by atoms with E-state index in [9.17, 15) is 4.79 Å². The van der Waals surface area contributed by atoms with Gasteiger partial charge in [0.05, 0.1) is 22.3 Å². The molecular weight excluding hydrogens is 345 g/mol. The lowest BCUT2D eigenvalue weighted by molar-refractivity contribution is -0.117. The third-order valence-electron chi connectivity index (χ3n) is 3.61. The van der Waals surface area contributed by atoms with Crippen molar-refractivity contribution in [3.63, 3.8) is 0 Å². The molecule has 0 aromatic heterocycles. The van der Waals surface area contributed by atoms with Gasteiger partial charge in [-0.15, -0.1) is 12.4 Å². The molecule has 1 aliphatic rings. The number of halogens is 3. The second kappa shape index (κ2) is 9.58. The van der Waals surface area contributed by atoms with Crippen molar-refractivity contribution in [1.29, 1.82) is 0 Å². The molecule has 1 atom stereocenters. The summed E-state index contributed by atoms with van der Waals surface area (Å²) in [6.07, 6.45) is 2.43. The number of carbonyl (C=O) groups is 1. The zero-order chi connectivity index (χ0) is 15.2. The molecule has 7 heteroatoms. The van der Waals surface area contributed by atoms with Gasteiger partial charge in [-0.25, -0.2) is 0 Å². The molecule has 4 nitrogen and oxygen atoms in total. The number of piperidine rings is 1. The summed E-state index contributed by atoms with van der Waals surface area (Å²) in [5.74, 6) is 0.511. The Kier molecular flexibility index (Phi) is 8.50. The Morgan fingerprint density at radius 1 is 1.41 bits per heavy atom. The summed E-state index contributed by atoms with van der Waals surface area (Å²) >= 11 is 12.1. The number of para-hydroxylation sites is 1. The van der Waals surface area contributed by atoms with Gasteiger partial charge in [0.2, 0.25) is 5.91 Å². The Labute approximate surface area is 147 Å². The molecule has 124 valence electrons. The smallest absolute Gasteiger partial charge is 0.238 e. The Hall–Kier alpha value is -0.520. The van der Waals surface area contributed by atoms with Crippen molar-refractivity contribution in [2.75, 3.05) is 38.5 Å². The first-order valence-electron chi connectivity index (χ1n) is 7.19. The summed E-state index contributed by atoms with van der Waals surface area (Å²) in [6, 6.07) is 5.17. The number of nitrogens with one attached hydrogen (secondary N) is 2. The molecule has 1 heterocycles. The highest BCUT2D eigenvalue weighted by molar-refractivity contribution is 6.39. The van der Waals surface area contributed by atoms with Gasteiger partial charge in [-0.1, -0.05) is 29.3 Å². The molecule has 1 aromatic rings. The van der Waals surface area contributed by atoms with E-state index in [1.165, 1.54) is 12.8 Å². The Balaban J connectivity index is 0.00000242. The van der Waals surface area contributed by atoms with Gasteiger partial charge in [0.15, 0.2) is 0 Å². The molecular formula is C15H22Cl3N3O. The first-order valence-corrected chi connectivity index (χ1v) is 7.95. The van der Waals surface area contributed by atoms with Crippen LogP contribution in [0.3, 0.4) is 0 Å².